The van der Waals surface area contributed by atoms with E-state index in [1.54, 1.807) is 7.11 Å². The minimum Gasteiger partial charge on any atom is -0.497 e. The van der Waals surface area contributed by atoms with E-state index in [1.165, 1.54) is 24.0 Å². The molecule has 0 atom stereocenters. The third kappa shape index (κ3) is 3.07. The molecule has 1 N–H and O–H groups in total. The number of rotatable bonds is 5. The predicted octanol–water partition coefficient (Wildman–Crippen LogP) is 4.84. The summed E-state index contributed by atoms with van der Waals surface area (Å²) >= 11 is 6.19. The van der Waals surface area contributed by atoms with Gasteiger partial charge in [-0.15, -0.1) is 0 Å². The van der Waals surface area contributed by atoms with Crippen molar-refractivity contribution in [1.29, 1.82) is 0 Å². The second kappa shape index (κ2) is 5.76. The molecule has 0 bridgehead atoms. The second-order valence-corrected chi connectivity index (χ2v) is 5.63. The molecule has 2 aromatic carbocycles. The van der Waals surface area contributed by atoms with Crippen LogP contribution in [0.15, 0.2) is 42.5 Å². The highest BCUT2D eigenvalue weighted by Gasteiger charge is 2.23. The monoisotopic (exact) mass is 287 g/mol. The van der Waals surface area contributed by atoms with Gasteiger partial charge in [-0.1, -0.05) is 35.9 Å². The van der Waals surface area contributed by atoms with Crippen LogP contribution in [0.25, 0.3) is 0 Å². The molecular formula is C17H18ClNO. The van der Waals surface area contributed by atoms with Crippen molar-refractivity contribution in [3.63, 3.8) is 0 Å². The topological polar surface area (TPSA) is 21.3 Å². The second-order valence-electron chi connectivity index (χ2n) is 5.22. The van der Waals surface area contributed by atoms with Crippen LogP contribution in [0.3, 0.4) is 0 Å². The first-order chi connectivity index (χ1) is 9.76. The van der Waals surface area contributed by atoms with Crippen molar-refractivity contribution in [2.75, 3.05) is 12.4 Å². The number of anilines is 1. The van der Waals surface area contributed by atoms with E-state index in [9.17, 15) is 0 Å². The van der Waals surface area contributed by atoms with Gasteiger partial charge in [-0.05, 0) is 42.0 Å². The minimum atomic E-state index is 0.712. The van der Waals surface area contributed by atoms with E-state index < -0.39 is 0 Å². The summed E-state index contributed by atoms with van der Waals surface area (Å²) in [4.78, 5) is 0. The lowest BCUT2D eigenvalue weighted by Crippen LogP contribution is -2.01. The first-order valence-electron chi connectivity index (χ1n) is 6.92. The fraction of sp³-hybridized carbons (Fsp3) is 0.294. The SMILES string of the molecule is COc1ccc(Cl)c(NCc2cccc(C3CC3)c2)c1. The zero-order valence-electron chi connectivity index (χ0n) is 11.5. The van der Waals surface area contributed by atoms with Crippen molar-refractivity contribution in [2.24, 2.45) is 0 Å². The van der Waals surface area contributed by atoms with Crippen molar-refractivity contribution in [2.45, 2.75) is 25.3 Å². The van der Waals surface area contributed by atoms with Crippen LogP contribution < -0.4 is 10.1 Å². The van der Waals surface area contributed by atoms with Crippen LogP contribution in [0.2, 0.25) is 5.02 Å². The van der Waals surface area contributed by atoms with E-state index in [0.29, 0.717) is 5.02 Å². The quantitative estimate of drug-likeness (QED) is 0.850. The van der Waals surface area contributed by atoms with Crippen LogP contribution in [-0.4, -0.2) is 7.11 Å². The molecule has 2 nitrogen and oxygen atoms in total. The number of hydrogen-bond acceptors (Lipinski definition) is 2. The highest BCUT2D eigenvalue weighted by molar-refractivity contribution is 6.33. The maximum absolute atomic E-state index is 6.19. The van der Waals surface area contributed by atoms with E-state index >= 15 is 0 Å². The molecule has 3 heteroatoms. The van der Waals surface area contributed by atoms with Gasteiger partial charge < -0.3 is 10.1 Å². The molecule has 0 unspecified atom stereocenters. The summed E-state index contributed by atoms with van der Waals surface area (Å²) in [6, 6.07) is 14.4. The lowest BCUT2D eigenvalue weighted by Gasteiger charge is -2.11. The number of benzene rings is 2. The highest BCUT2D eigenvalue weighted by Crippen LogP contribution is 2.40. The summed E-state index contributed by atoms with van der Waals surface area (Å²) in [6.07, 6.45) is 2.66. The van der Waals surface area contributed by atoms with Gasteiger partial charge in [-0.2, -0.15) is 0 Å². The molecular weight excluding hydrogens is 270 g/mol. The molecule has 3 rings (SSSR count). The largest absolute Gasteiger partial charge is 0.497 e. The third-order valence-corrected chi connectivity index (χ3v) is 3.99. The molecule has 0 aliphatic heterocycles. The highest BCUT2D eigenvalue weighted by atomic mass is 35.5. The Kier molecular flexibility index (Phi) is 3.83. The average Bonchev–Trinajstić information content (AvgIpc) is 3.31. The van der Waals surface area contributed by atoms with Crippen LogP contribution in [0.4, 0.5) is 5.69 Å². The maximum atomic E-state index is 6.19. The van der Waals surface area contributed by atoms with Gasteiger partial charge in [0.15, 0.2) is 0 Å². The fourth-order valence-corrected chi connectivity index (χ4v) is 2.52. The van der Waals surface area contributed by atoms with Crippen molar-refractivity contribution >= 4 is 17.3 Å². The molecule has 2 aromatic rings. The summed E-state index contributed by atoms with van der Waals surface area (Å²) in [5.74, 6) is 1.60. The molecule has 20 heavy (non-hydrogen) atoms. The normalized spacial score (nSPS) is 14.1. The molecule has 104 valence electrons. The van der Waals surface area contributed by atoms with Crippen LogP contribution in [0.5, 0.6) is 5.75 Å². The lowest BCUT2D eigenvalue weighted by atomic mass is 10.1. The van der Waals surface area contributed by atoms with Gasteiger partial charge in [0.1, 0.15) is 5.75 Å². The van der Waals surface area contributed by atoms with Gasteiger partial charge in [0.05, 0.1) is 17.8 Å². The molecule has 0 aromatic heterocycles. The summed E-state index contributed by atoms with van der Waals surface area (Å²) in [7, 11) is 1.66. The first kappa shape index (κ1) is 13.3. The summed E-state index contributed by atoms with van der Waals surface area (Å²) in [5.41, 5.74) is 3.65. The summed E-state index contributed by atoms with van der Waals surface area (Å²) < 4.78 is 5.22. The van der Waals surface area contributed by atoms with E-state index in [0.717, 1.165) is 23.9 Å². The van der Waals surface area contributed by atoms with E-state index in [1.807, 2.05) is 18.2 Å². The smallest absolute Gasteiger partial charge is 0.121 e. The van der Waals surface area contributed by atoms with E-state index in [4.69, 9.17) is 16.3 Å². The summed E-state index contributed by atoms with van der Waals surface area (Å²) in [5, 5.41) is 4.09. The predicted molar refractivity (Wildman–Crippen MR) is 83.7 cm³/mol. The Balaban J connectivity index is 1.71. The Bertz CT molecular complexity index is 608. The van der Waals surface area contributed by atoms with Gasteiger partial charge >= 0.3 is 0 Å². The standard InChI is InChI=1S/C17H18ClNO/c1-20-15-7-8-16(18)17(10-15)19-11-12-3-2-4-14(9-12)13-5-6-13/h2-4,7-10,13,19H,5-6,11H2,1H3. The van der Waals surface area contributed by atoms with Crippen LogP contribution >= 0.6 is 11.6 Å². The molecule has 1 aliphatic carbocycles. The molecule has 0 radical (unpaired) electrons. The Morgan fingerprint density at radius 3 is 2.80 bits per heavy atom. The lowest BCUT2D eigenvalue weighted by molar-refractivity contribution is 0.415. The van der Waals surface area contributed by atoms with Crippen LogP contribution in [0, 0.1) is 0 Å². The minimum absolute atomic E-state index is 0.712. The molecule has 0 amide bonds. The Labute approximate surface area is 124 Å². The number of nitrogens with one attached hydrogen (secondary N) is 1. The van der Waals surface area contributed by atoms with Crippen molar-refractivity contribution in [3.8, 4) is 5.75 Å². The molecule has 1 fully saturated rings. The molecule has 1 aliphatic rings. The van der Waals surface area contributed by atoms with Gasteiger partial charge in [-0.3, -0.25) is 0 Å². The van der Waals surface area contributed by atoms with Crippen LogP contribution in [-0.2, 0) is 6.54 Å². The zero-order valence-corrected chi connectivity index (χ0v) is 12.3. The molecule has 0 heterocycles. The van der Waals surface area contributed by atoms with Crippen LogP contribution in [0.1, 0.15) is 29.9 Å². The molecule has 0 saturated heterocycles. The number of ether oxygens (including phenoxy) is 1. The van der Waals surface area contributed by atoms with Crippen molar-refractivity contribution in [1.82, 2.24) is 0 Å². The number of halogens is 1. The average molecular weight is 288 g/mol. The molecule has 0 spiro atoms. The third-order valence-electron chi connectivity index (χ3n) is 3.66. The van der Waals surface area contributed by atoms with Crippen molar-refractivity contribution in [3.05, 3.63) is 58.6 Å². The Hall–Kier alpha value is -1.67. The Morgan fingerprint density at radius 1 is 1.20 bits per heavy atom. The Morgan fingerprint density at radius 2 is 2.05 bits per heavy atom. The first-order valence-corrected chi connectivity index (χ1v) is 7.30. The number of hydrogen-bond donors (Lipinski definition) is 1. The fourth-order valence-electron chi connectivity index (χ4n) is 2.34. The number of methoxy groups -OCH3 is 1. The maximum Gasteiger partial charge on any atom is 0.121 e. The van der Waals surface area contributed by atoms with E-state index in [2.05, 4.69) is 29.6 Å². The zero-order chi connectivity index (χ0) is 13.9. The summed E-state index contributed by atoms with van der Waals surface area (Å²) in [6.45, 7) is 0.771. The van der Waals surface area contributed by atoms with E-state index in [-0.39, 0.29) is 0 Å². The van der Waals surface area contributed by atoms with Gasteiger partial charge in [0, 0.05) is 12.6 Å². The van der Waals surface area contributed by atoms with Gasteiger partial charge in [0.25, 0.3) is 0 Å². The van der Waals surface area contributed by atoms with Gasteiger partial charge in [-0.25, -0.2) is 0 Å². The molecule has 1 saturated carbocycles. The van der Waals surface area contributed by atoms with Crippen molar-refractivity contribution < 1.29 is 4.74 Å². The van der Waals surface area contributed by atoms with Gasteiger partial charge in [0.2, 0.25) is 0 Å².